The number of nitrogens with zero attached hydrogens (tertiary/aromatic N) is 11. The van der Waals surface area contributed by atoms with Crippen molar-refractivity contribution in [3.8, 4) is 56.4 Å². The molecule has 6 heterocycles. The second kappa shape index (κ2) is 16.0. The van der Waals surface area contributed by atoms with Crippen LogP contribution in [0.2, 0.25) is 0 Å². The normalized spacial score (nSPS) is 23.0. The first kappa shape index (κ1) is 41.9. The smallest absolute Gasteiger partial charge is 0.271 e. The van der Waals surface area contributed by atoms with Crippen molar-refractivity contribution in [3.05, 3.63) is 83.2 Å². The van der Waals surface area contributed by atoms with Crippen LogP contribution in [0.1, 0.15) is 52.0 Å². The highest BCUT2D eigenvalue weighted by molar-refractivity contribution is 5.74. The van der Waals surface area contributed by atoms with Gasteiger partial charge in [0.2, 0.25) is 11.9 Å². The number of aryl methyl sites for hydroxylation is 1. The van der Waals surface area contributed by atoms with Gasteiger partial charge in [-0.25, -0.2) is 9.97 Å². The average Bonchev–Trinajstić information content (AvgIpc) is 3.99. The molecule has 0 amide bonds. The minimum atomic E-state index is -0.375. The summed E-state index contributed by atoms with van der Waals surface area (Å²) in [6.45, 7) is 10.9. The van der Waals surface area contributed by atoms with Crippen molar-refractivity contribution in [2.24, 2.45) is 11.8 Å². The third kappa shape index (κ3) is 8.29. The number of aromatic nitrogens is 9. The number of anilines is 3. The number of rotatable bonds is 10. The summed E-state index contributed by atoms with van der Waals surface area (Å²) in [6.07, 6.45) is 11.3. The molecule has 2 unspecified atom stereocenters. The first-order valence-corrected chi connectivity index (χ1v) is 21.6. The number of nitrogens with one attached hydrogen (secondary N) is 2. The molecule has 2 saturated heterocycles. The first-order valence-electron chi connectivity index (χ1n) is 21.6. The monoisotopic (exact) mass is 852 g/mol. The molecule has 0 spiro atoms. The SMILES string of the molecule is Cc1cc(-c2ccc(-c3cnc(N(C)C4CC(C)(C)NC(C)(Cn5cc(-c6ccc(-c7cnc(N8C[C@H]9CC[C@H](N(C)C)[C@H]9C8)nn7)c(O)c6)cn5)C4)nn3)c(O)c2)[nH]c(=O)c1N. The van der Waals surface area contributed by atoms with Crippen LogP contribution in [0.5, 0.6) is 11.5 Å². The molecule has 17 heteroatoms. The Balaban J connectivity index is 0.848. The van der Waals surface area contributed by atoms with Gasteiger partial charge in [0, 0.05) is 77.4 Å². The highest BCUT2D eigenvalue weighted by atomic mass is 16.3. The zero-order valence-electron chi connectivity index (χ0n) is 36.9. The van der Waals surface area contributed by atoms with E-state index in [1.165, 1.54) is 12.8 Å². The number of nitrogen functional groups attached to an aromatic ring is 1. The predicted octanol–water partition coefficient (Wildman–Crippen LogP) is 5.11. The van der Waals surface area contributed by atoms with E-state index in [0.29, 0.717) is 75.7 Å². The van der Waals surface area contributed by atoms with Crippen LogP contribution in [-0.2, 0) is 6.54 Å². The maximum absolute atomic E-state index is 12.2. The molecular weight excluding hydrogens is 797 g/mol. The van der Waals surface area contributed by atoms with E-state index in [4.69, 9.17) is 10.8 Å². The van der Waals surface area contributed by atoms with E-state index < -0.39 is 0 Å². The number of pyridine rings is 1. The van der Waals surface area contributed by atoms with E-state index in [-0.39, 0.29) is 39.9 Å². The predicted molar refractivity (Wildman–Crippen MR) is 243 cm³/mol. The Bertz CT molecular complexity index is 2700. The zero-order valence-corrected chi connectivity index (χ0v) is 36.9. The fraction of sp³-hybridized carbons (Fsp3) is 0.435. The number of hydrogen-bond acceptors (Lipinski definition) is 15. The van der Waals surface area contributed by atoms with E-state index in [0.717, 1.165) is 37.1 Å². The number of piperidine rings is 1. The molecule has 0 radical (unpaired) electrons. The van der Waals surface area contributed by atoms with Crippen molar-refractivity contribution in [2.75, 3.05) is 49.8 Å². The van der Waals surface area contributed by atoms with Crippen LogP contribution in [0.3, 0.4) is 0 Å². The number of phenolic OH excluding ortho intramolecular Hbond substituents is 2. The summed E-state index contributed by atoms with van der Waals surface area (Å²) < 4.78 is 1.95. The Morgan fingerprint density at radius 1 is 0.841 bits per heavy atom. The van der Waals surface area contributed by atoms with E-state index in [1.54, 1.807) is 49.6 Å². The lowest BCUT2D eigenvalue weighted by Crippen LogP contribution is -2.64. The molecule has 2 aromatic carbocycles. The number of benzene rings is 2. The number of hydrogen-bond donors (Lipinski definition) is 5. The Morgan fingerprint density at radius 3 is 2.19 bits per heavy atom. The molecule has 63 heavy (non-hydrogen) atoms. The quantitative estimate of drug-likeness (QED) is 0.121. The van der Waals surface area contributed by atoms with Gasteiger partial charge in [-0.05, 0) is 121 Å². The number of aromatic hydroxyl groups is 2. The Hall–Kier alpha value is -6.46. The van der Waals surface area contributed by atoms with Gasteiger partial charge in [0.1, 0.15) is 28.6 Å². The second-order valence-electron chi connectivity index (χ2n) is 19.0. The highest BCUT2D eigenvalue weighted by Gasteiger charge is 2.45. The van der Waals surface area contributed by atoms with E-state index in [1.807, 2.05) is 36.3 Å². The molecule has 1 aliphatic carbocycles. The van der Waals surface area contributed by atoms with Crippen molar-refractivity contribution < 1.29 is 10.2 Å². The molecule has 3 aliphatic rings. The van der Waals surface area contributed by atoms with Gasteiger partial charge in [-0.3, -0.25) is 9.48 Å². The number of fused-ring (bicyclic) bond motifs is 1. The molecule has 6 aromatic rings. The molecule has 1 saturated carbocycles. The second-order valence-corrected chi connectivity index (χ2v) is 19.0. The molecule has 5 atom stereocenters. The summed E-state index contributed by atoms with van der Waals surface area (Å²) in [6, 6.07) is 13.1. The lowest BCUT2D eigenvalue weighted by Gasteiger charge is -2.50. The van der Waals surface area contributed by atoms with Crippen LogP contribution >= 0.6 is 0 Å². The largest absolute Gasteiger partial charge is 0.507 e. The summed E-state index contributed by atoms with van der Waals surface area (Å²) >= 11 is 0. The van der Waals surface area contributed by atoms with E-state index in [9.17, 15) is 15.0 Å². The number of nitrogens with two attached hydrogens (primary N) is 1. The van der Waals surface area contributed by atoms with Crippen LogP contribution < -0.4 is 26.4 Å². The summed E-state index contributed by atoms with van der Waals surface area (Å²) in [5.41, 5.74) is 10.6. The van der Waals surface area contributed by atoms with Crippen LogP contribution in [0.25, 0.3) is 44.9 Å². The maximum Gasteiger partial charge on any atom is 0.271 e. The molecule has 9 rings (SSSR count). The fourth-order valence-corrected chi connectivity index (χ4v) is 10.4. The standard InChI is InChI=1S/C46H56N14O3/c1-26-14-35(51-42(63)41(26)47)28-9-12-33(40(62)16-28)36-20-48-43(54-52-36)58(7)31-17-45(2,3)56-46(4,18-31)25-60-23-30(19-50-60)27-8-11-32(39(61)15-27)37-21-49-44(55-53-37)59-22-29-10-13-38(57(5)6)34(29)24-59/h8-9,11-12,14-16,19-21,23,29,31,34,38,56,61-62H,10,13,17-18,22,24-25,47H2,1-7H3,(H,51,63)/t29-,31?,34+,38+,46?/m1/s1. The Labute approximate surface area is 366 Å². The number of phenols is 2. The third-order valence-electron chi connectivity index (χ3n) is 13.4. The minimum Gasteiger partial charge on any atom is -0.507 e. The highest BCUT2D eigenvalue weighted by Crippen LogP contribution is 2.41. The number of aromatic amines is 1. The van der Waals surface area contributed by atoms with Gasteiger partial charge in [0.15, 0.2) is 0 Å². The van der Waals surface area contributed by atoms with Crippen LogP contribution in [0.4, 0.5) is 17.6 Å². The summed E-state index contributed by atoms with van der Waals surface area (Å²) in [5, 5.41) is 48.7. The van der Waals surface area contributed by atoms with Crippen molar-refractivity contribution in [1.29, 1.82) is 0 Å². The van der Waals surface area contributed by atoms with Gasteiger partial charge in [-0.15, -0.1) is 20.4 Å². The number of H-pyrrole nitrogens is 1. The lowest BCUT2D eigenvalue weighted by atomic mass is 9.78. The molecule has 2 aliphatic heterocycles. The zero-order chi connectivity index (χ0) is 44.4. The first-order chi connectivity index (χ1) is 30.0. The van der Waals surface area contributed by atoms with Gasteiger partial charge in [-0.2, -0.15) is 5.10 Å². The molecule has 4 aromatic heterocycles. The Morgan fingerprint density at radius 2 is 1.54 bits per heavy atom. The van der Waals surface area contributed by atoms with Gasteiger partial charge >= 0.3 is 0 Å². The minimum absolute atomic E-state index is 0.0162. The van der Waals surface area contributed by atoms with Crippen LogP contribution in [0, 0.1) is 18.8 Å². The van der Waals surface area contributed by atoms with Crippen molar-refractivity contribution in [1.82, 2.24) is 55.3 Å². The molecule has 328 valence electrons. The fourth-order valence-electron chi connectivity index (χ4n) is 10.4. The van der Waals surface area contributed by atoms with Crippen molar-refractivity contribution >= 4 is 17.6 Å². The maximum atomic E-state index is 12.2. The third-order valence-corrected chi connectivity index (χ3v) is 13.4. The summed E-state index contributed by atoms with van der Waals surface area (Å²) in [7, 11) is 6.33. The Kier molecular flexibility index (Phi) is 10.6. The van der Waals surface area contributed by atoms with Gasteiger partial charge in [0.25, 0.3) is 5.56 Å². The molecule has 0 bridgehead atoms. The summed E-state index contributed by atoms with van der Waals surface area (Å²) in [4.78, 5) is 31.0. The van der Waals surface area contributed by atoms with Gasteiger partial charge in [-0.1, -0.05) is 12.1 Å². The van der Waals surface area contributed by atoms with Gasteiger partial charge in [0.05, 0.1) is 25.1 Å². The summed E-state index contributed by atoms with van der Waals surface area (Å²) in [5.74, 6) is 2.49. The van der Waals surface area contributed by atoms with Crippen LogP contribution in [-0.4, -0.2) is 118 Å². The van der Waals surface area contributed by atoms with Crippen molar-refractivity contribution in [3.63, 3.8) is 0 Å². The van der Waals surface area contributed by atoms with Gasteiger partial charge < -0.3 is 40.9 Å². The van der Waals surface area contributed by atoms with E-state index in [2.05, 4.69) is 90.2 Å². The molecular formula is C46H56N14O3. The molecule has 3 fully saturated rings. The molecule has 6 N–H and O–H groups in total. The average molecular weight is 853 g/mol. The van der Waals surface area contributed by atoms with E-state index >= 15 is 0 Å². The van der Waals surface area contributed by atoms with Crippen LogP contribution in [0.15, 0.2) is 72.0 Å². The lowest BCUT2D eigenvalue weighted by molar-refractivity contribution is 0.126. The molecule has 17 nitrogen and oxygen atoms in total. The topological polar surface area (TPSA) is 216 Å². The van der Waals surface area contributed by atoms with Crippen molar-refractivity contribution in [2.45, 2.75) is 83.1 Å².